The maximum atomic E-state index is 11.7. The third kappa shape index (κ3) is 4.10. The summed E-state index contributed by atoms with van der Waals surface area (Å²) in [5.41, 5.74) is 5.51. The predicted molar refractivity (Wildman–Crippen MR) is 66.1 cm³/mol. The molecule has 3 N–H and O–H groups in total. The van der Waals surface area contributed by atoms with Gasteiger partial charge in [-0.2, -0.15) is 0 Å². The van der Waals surface area contributed by atoms with Gasteiger partial charge in [0.1, 0.15) is 0 Å². The molecule has 0 radical (unpaired) electrons. The van der Waals surface area contributed by atoms with Crippen molar-refractivity contribution in [3.63, 3.8) is 0 Å². The molecule has 0 aromatic carbocycles. The van der Waals surface area contributed by atoms with Crippen LogP contribution in [0.3, 0.4) is 0 Å². The molecule has 0 bridgehead atoms. The molecule has 3 atom stereocenters. The highest BCUT2D eigenvalue weighted by Gasteiger charge is 2.23. The summed E-state index contributed by atoms with van der Waals surface area (Å²) in [5.74, 6) is 0.434. The predicted octanol–water partition coefficient (Wildman–Crippen LogP) is 0.570. The number of hydrogen-bond donors (Lipinski definition) is 2. The molecule has 94 valence electrons. The highest BCUT2D eigenvalue weighted by atomic mass is 16.1. The lowest BCUT2D eigenvalue weighted by Gasteiger charge is -2.35. The van der Waals surface area contributed by atoms with Gasteiger partial charge in [-0.25, -0.2) is 0 Å². The summed E-state index contributed by atoms with van der Waals surface area (Å²) < 4.78 is 0. The number of piperidine rings is 1. The lowest BCUT2D eigenvalue weighted by molar-refractivity contribution is -0.122. The second kappa shape index (κ2) is 6.21. The summed E-state index contributed by atoms with van der Waals surface area (Å²) in [5, 5.41) is 3.11. The molecule has 0 spiro atoms. The summed E-state index contributed by atoms with van der Waals surface area (Å²) in [4.78, 5) is 14.0. The van der Waals surface area contributed by atoms with Gasteiger partial charge in [0.15, 0.2) is 0 Å². The van der Waals surface area contributed by atoms with E-state index in [1.165, 1.54) is 0 Å². The van der Waals surface area contributed by atoms with Crippen molar-refractivity contribution < 1.29 is 4.79 Å². The quantitative estimate of drug-likeness (QED) is 0.738. The van der Waals surface area contributed by atoms with Gasteiger partial charge in [0.05, 0.1) is 0 Å². The smallest absolute Gasteiger partial charge is 0.220 e. The zero-order valence-electron chi connectivity index (χ0n) is 10.7. The van der Waals surface area contributed by atoms with Crippen molar-refractivity contribution in [3.05, 3.63) is 0 Å². The van der Waals surface area contributed by atoms with Crippen molar-refractivity contribution in [1.82, 2.24) is 10.2 Å². The maximum Gasteiger partial charge on any atom is 0.220 e. The Morgan fingerprint density at radius 2 is 2.31 bits per heavy atom. The van der Waals surface area contributed by atoms with E-state index < -0.39 is 0 Å². The standard InChI is InChI=1S/C12H25N3O/c1-9(8-13)6-12(16)14-11-4-5-15(3)10(2)7-11/h9-11H,4-8,13H2,1-3H3,(H,14,16). The van der Waals surface area contributed by atoms with Crippen LogP contribution in [0.4, 0.5) is 0 Å². The van der Waals surface area contributed by atoms with E-state index in [0.29, 0.717) is 25.0 Å². The number of nitrogens with zero attached hydrogens (tertiary/aromatic N) is 1. The molecule has 3 unspecified atom stereocenters. The van der Waals surface area contributed by atoms with Crippen LogP contribution in [0.2, 0.25) is 0 Å². The van der Waals surface area contributed by atoms with Gasteiger partial charge >= 0.3 is 0 Å². The van der Waals surface area contributed by atoms with E-state index in [4.69, 9.17) is 5.73 Å². The van der Waals surface area contributed by atoms with Crippen LogP contribution >= 0.6 is 0 Å². The fourth-order valence-electron chi connectivity index (χ4n) is 2.11. The van der Waals surface area contributed by atoms with Gasteiger partial charge < -0.3 is 16.0 Å². The first-order valence-corrected chi connectivity index (χ1v) is 6.22. The Bertz CT molecular complexity index is 232. The first-order valence-electron chi connectivity index (χ1n) is 6.22. The van der Waals surface area contributed by atoms with E-state index in [2.05, 4.69) is 24.2 Å². The first kappa shape index (κ1) is 13.5. The summed E-state index contributed by atoms with van der Waals surface area (Å²) >= 11 is 0. The molecule has 0 aliphatic carbocycles. The Hall–Kier alpha value is -0.610. The fraction of sp³-hybridized carbons (Fsp3) is 0.917. The van der Waals surface area contributed by atoms with Crippen LogP contribution in [0.1, 0.15) is 33.1 Å². The minimum absolute atomic E-state index is 0.153. The monoisotopic (exact) mass is 227 g/mol. The average Bonchev–Trinajstić information content (AvgIpc) is 2.23. The molecule has 0 aromatic heterocycles. The molecule has 4 nitrogen and oxygen atoms in total. The van der Waals surface area contributed by atoms with Crippen molar-refractivity contribution >= 4 is 5.91 Å². The molecular formula is C12H25N3O. The molecule has 1 rings (SSSR count). The van der Waals surface area contributed by atoms with Gasteiger partial charge in [-0.15, -0.1) is 0 Å². The van der Waals surface area contributed by atoms with Crippen molar-refractivity contribution in [2.75, 3.05) is 20.1 Å². The Morgan fingerprint density at radius 3 is 2.88 bits per heavy atom. The van der Waals surface area contributed by atoms with Crippen molar-refractivity contribution in [2.24, 2.45) is 11.7 Å². The normalized spacial score (nSPS) is 28.8. The number of carbonyl (C=O) groups excluding carboxylic acids is 1. The van der Waals surface area contributed by atoms with Gasteiger partial charge in [-0.3, -0.25) is 4.79 Å². The van der Waals surface area contributed by atoms with E-state index in [1.807, 2.05) is 6.92 Å². The van der Waals surface area contributed by atoms with Crippen LogP contribution in [0.15, 0.2) is 0 Å². The van der Waals surface area contributed by atoms with Crippen LogP contribution < -0.4 is 11.1 Å². The zero-order valence-corrected chi connectivity index (χ0v) is 10.7. The van der Waals surface area contributed by atoms with Gasteiger partial charge in [-0.1, -0.05) is 6.92 Å². The lowest BCUT2D eigenvalue weighted by Crippen LogP contribution is -2.47. The molecular weight excluding hydrogens is 202 g/mol. The number of likely N-dealkylation sites (tertiary alicyclic amines) is 1. The van der Waals surface area contributed by atoms with E-state index in [9.17, 15) is 4.79 Å². The summed E-state index contributed by atoms with van der Waals surface area (Å²) in [6.45, 7) is 5.87. The average molecular weight is 227 g/mol. The molecule has 16 heavy (non-hydrogen) atoms. The summed E-state index contributed by atoms with van der Waals surface area (Å²) in [6.07, 6.45) is 2.67. The number of rotatable bonds is 4. The van der Waals surface area contributed by atoms with E-state index in [-0.39, 0.29) is 11.8 Å². The number of hydrogen-bond acceptors (Lipinski definition) is 3. The molecule has 1 fully saturated rings. The first-order chi connectivity index (χ1) is 7.52. The highest BCUT2D eigenvalue weighted by molar-refractivity contribution is 5.76. The van der Waals surface area contributed by atoms with Gasteiger partial charge in [0, 0.05) is 25.0 Å². The zero-order chi connectivity index (χ0) is 12.1. The Kier molecular flexibility index (Phi) is 5.22. The second-order valence-corrected chi connectivity index (χ2v) is 5.16. The SMILES string of the molecule is CC(CN)CC(=O)NC1CCN(C)C(C)C1. The Balaban J connectivity index is 2.29. The van der Waals surface area contributed by atoms with Crippen LogP contribution in [-0.4, -0.2) is 43.0 Å². The van der Waals surface area contributed by atoms with Gasteiger partial charge in [-0.05, 0) is 39.3 Å². The minimum atomic E-state index is 0.153. The topological polar surface area (TPSA) is 58.4 Å². The van der Waals surface area contributed by atoms with E-state index in [1.54, 1.807) is 0 Å². The third-order valence-corrected chi connectivity index (χ3v) is 3.51. The molecule has 0 aromatic rings. The van der Waals surface area contributed by atoms with Crippen molar-refractivity contribution in [2.45, 2.75) is 45.2 Å². The summed E-state index contributed by atoms with van der Waals surface area (Å²) in [6, 6.07) is 0.912. The molecule has 1 aliphatic rings. The minimum Gasteiger partial charge on any atom is -0.353 e. The van der Waals surface area contributed by atoms with Gasteiger partial charge in [0.2, 0.25) is 5.91 Å². The third-order valence-electron chi connectivity index (χ3n) is 3.51. The molecule has 1 saturated heterocycles. The molecule has 1 aliphatic heterocycles. The second-order valence-electron chi connectivity index (χ2n) is 5.16. The molecule has 4 heteroatoms. The maximum absolute atomic E-state index is 11.7. The van der Waals surface area contributed by atoms with Crippen LogP contribution in [0.25, 0.3) is 0 Å². The number of amides is 1. The van der Waals surface area contributed by atoms with E-state index >= 15 is 0 Å². The molecule has 1 amide bonds. The molecule has 1 heterocycles. The molecule has 0 saturated carbocycles. The van der Waals surface area contributed by atoms with E-state index in [0.717, 1.165) is 19.4 Å². The van der Waals surface area contributed by atoms with Crippen molar-refractivity contribution in [1.29, 1.82) is 0 Å². The number of carbonyl (C=O) groups is 1. The van der Waals surface area contributed by atoms with Crippen LogP contribution in [-0.2, 0) is 4.79 Å². The lowest BCUT2D eigenvalue weighted by atomic mass is 9.98. The number of nitrogens with one attached hydrogen (secondary N) is 1. The van der Waals surface area contributed by atoms with Crippen molar-refractivity contribution in [3.8, 4) is 0 Å². The Morgan fingerprint density at radius 1 is 1.62 bits per heavy atom. The van der Waals surface area contributed by atoms with Crippen LogP contribution in [0.5, 0.6) is 0 Å². The van der Waals surface area contributed by atoms with Gasteiger partial charge in [0.25, 0.3) is 0 Å². The van der Waals surface area contributed by atoms with Crippen LogP contribution in [0, 0.1) is 5.92 Å². The fourth-order valence-corrected chi connectivity index (χ4v) is 2.11. The highest BCUT2D eigenvalue weighted by Crippen LogP contribution is 2.15. The Labute approximate surface area is 98.6 Å². The summed E-state index contributed by atoms with van der Waals surface area (Å²) in [7, 11) is 2.14. The number of nitrogens with two attached hydrogens (primary N) is 1. The largest absolute Gasteiger partial charge is 0.353 e.